The Morgan fingerprint density at radius 2 is 2.07 bits per heavy atom. The third-order valence-electron chi connectivity index (χ3n) is 5.94. The van der Waals surface area contributed by atoms with Crippen molar-refractivity contribution in [2.24, 2.45) is 11.3 Å². The highest BCUT2D eigenvalue weighted by atomic mass is 16.5. The van der Waals surface area contributed by atoms with Gasteiger partial charge in [-0.05, 0) is 47.8 Å². The summed E-state index contributed by atoms with van der Waals surface area (Å²) in [6.07, 6.45) is 6.26. The molecule has 2 fully saturated rings. The number of amides is 1. The van der Waals surface area contributed by atoms with E-state index >= 15 is 0 Å². The maximum Gasteiger partial charge on any atom is 0.250 e. The van der Waals surface area contributed by atoms with Gasteiger partial charge in [-0.25, -0.2) is 0 Å². The van der Waals surface area contributed by atoms with E-state index in [0.29, 0.717) is 6.54 Å². The Morgan fingerprint density at radius 3 is 2.93 bits per heavy atom. The second kappa shape index (κ2) is 5.68. The molecule has 2 aromatic carbocycles. The molecule has 0 aromatic heterocycles. The number of rotatable bonds is 3. The number of benzene rings is 2. The highest BCUT2D eigenvalue weighted by Gasteiger charge is 2.69. The summed E-state index contributed by atoms with van der Waals surface area (Å²) in [5.74, 6) is 1.09. The van der Waals surface area contributed by atoms with Crippen molar-refractivity contribution in [3.05, 3.63) is 77.0 Å². The number of ether oxygens (including phenoxy) is 1. The predicted octanol–water partition coefficient (Wildman–Crippen LogP) is 3.79. The Morgan fingerprint density at radius 1 is 1.22 bits per heavy atom. The lowest BCUT2D eigenvalue weighted by atomic mass is 9.83. The van der Waals surface area contributed by atoms with Crippen LogP contribution in [-0.4, -0.2) is 30.2 Å². The van der Waals surface area contributed by atoms with Gasteiger partial charge in [0.15, 0.2) is 5.78 Å². The number of Topliss-reactive ketones (excluding diaryl/α,β-unsaturated/α-hetero) is 1. The van der Waals surface area contributed by atoms with Crippen LogP contribution in [0.3, 0.4) is 0 Å². The number of piperidine rings is 1. The van der Waals surface area contributed by atoms with Gasteiger partial charge in [-0.15, -0.1) is 0 Å². The number of nitrogens with zero attached hydrogens (tertiary/aromatic N) is 1. The molecule has 5 rings (SSSR count). The minimum atomic E-state index is -0.464. The van der Waals surface area contributed by atoms with Gasteiger partial charge in [-0.2, -0.15) is 0 Å². The molecule has 0 radical (unpaired) electrons. The van der Waals surface area contributed by atoms with Crippen LogP contribution in [0.2, 0.25) is 0 Å². The van der Waals surface area contributed by atoms with Crippen LogP contribution in [0, 0.1) is 11.3 Å². The summed E-state index contributed by atoms with van der Waals surface area (Å²) >= 11 is 0. The summed E-state index contributed by atoms with van der Waals surface area (Å²) in [6.45, 7) is 0.618. The van der Waals surface area contributed by atoms with Crippen molar-refractivity contribution in [3.8, 4) is 5.75 Å². The second-order valence-corrected chi connectivity index (χ2v) is 7.38. The van der Waals surface area contributed by atoms with E-state index < -0.39 is 5.41 Å². The van der Waals surface area contributed by atoms with Crippen molar-refractivity contribution < 1.29 is 14.3 Å². The van der Waals surface area contributed by atoms with Crippen LogP contribution in [0.4, 0.5) is 0 Å². The number of carbonyl (C=O) groups excluding carboxylic acids is 2. The second-order valence-electron chi connectivity index (χ2n) is 7.38. The SMILES string of the molecule is COc1cccc(/C=C/C(=O)N2CC3CC34C(=O)c3ccccc3C=C24)c1. The van der Waals surface area contributed by atoms with Gasteiger partial charge in [0.05, 0.1) is 12.5 Å². The Hall–Kier alpha value is -3.14. The highest BCUT2D eigenvalue weighted by molar-refractivity contribution is 6.12. The van der Waals surface area contributed by atoms with Gasteiger partial charge in [0.2, 0.25) is 0 Å². The average molecular weight is 357 g/mol. The quantitative estimate of drug-likeness (QED) is 0.785. The maximum atomic E-state index is 13.1. The van der Waals surface area contributed by atoms with Crippen LogP contribution in [0.5, 0.6) is 5.75 Å². The molecule has 134 valence electrons. The lowest BCUT2D eigenvalue weighted by Crippen LogP contribution is -2.32. The van der Waals surface area contributed by atoms with Crippen molar-refractivity contribution in [1.82, 2.24) is 4.90 Å². The molecule has 27 heavy (non-hydrogen) atoms. The van der Waals surface area contributed by atoms with E-state index in [1.807, 2.05) is 54.6 Å². The van der Waals surface area contributed by atoms with Crippen LogP contribution >= 0.6 is 0 Å². The van der Waals surface area contributed by atoms with Crippen molar-refractivity contribution >= 4 is 23.8 Å². The lowest BCUT2D eigenvalue weighted by molar-refractivity contribution is -0.123. The molecule has 1 heterocycles. The zero-order valence-corrected chi connectivity index (χ0v) is 15.0. The first-order chi connectivity index (χ1) is 13.1. The summed E-state index contributed by atoms with van der Waals surface area (Å²) in [6, 6.07) is 15.2. The molecular formula is C23H19NO3. The van der Waals surface area contributed by atoms with Gasteiger partial charge in [0.1, 0.15) is 5.75 Å². The summed E-state index contributed by atoms with van der Waals surface area (Å²) in [5, 5.41) is 0. The Kier molecular flexibility index (Phi) is 3.38. The van der Waals surface area contributed by atoms with E-state index in [1.54, 1.807) is 24.2 Å². The summed E-state index contributed by atoms with van der Waals surface area (Å²) in [4.78, 5) is 27.7. The monoisotopic (exact) mass is 357 g/mol. The molecule has 1 saturated heterocycles. The average Bonchev–Trinajstić information content (AvgIpc) is 3.33. The first kappa shape index (κ1) is 16.1. The third-order valence-corrected chi connectivity index (χ3v) is 5.94. The smallest absolute Gasteiger partial charge is 0.250 e. The van der Waals surface area contributed by atoms with Gasteiger partial charge in [0.25, 0.3) is 5.91 Å². The zero-order valence-electron chi connectivity index (χ0n) is 15.0. The molecule has 0 N–H and O–H groups in total. The summed E-state index contributed by atoms with van der Waals surface area (Å²) in [7, 11) is 1.62. The van der Waals surface area contributed by atoms with Crippen LogP contribution in [0.25, 0.3) is 12.2 Å². The van der Waals surface area contributed by atoms with Crippen molar-refractivity contribution in [1.29, 1.82) is 0 Å². The summed E-state index contributed by atoms with van der Waals surface area (Å²) in [5.41, 5.74) is 3.00. The fourth-order valence-electron chi connectivity index (χ4n) is 4.45. The highest BCUT2D eigenvalue weighted by Crippen LogP contribution is 2.67. The lowest BCUT2D eigenvalue weighted by Gasteiger charge is -2.27. The zero-order chi connectivity index (χ0) is 18.6. The molecule has 4 nitrogen and oxygen atoms in total. The van der Waals surface area contributed by atoms with Gasteiger partial charge in [-0.1, -0.05) is 36.4 Å². The van der Waals surface area contributed by atoms with Gasteiger partial charge < -0.3 is 9.64 Å². The van der Waals surface area contributed by atoms with Crippen LogP contribution in [0.1, 0.15) is 27.9 Å². The van der Waals surface area contributed by atoms with Gasteiger partial charge in [-0.3, -0.25) is 9.59 Å². The molecule has 2 atom stereocenters. The predicted molar refractivity (Wildman–Crippen MR) is 103 cm³/mol. The molecule has 1 amide bonds. The minimum absolute atomic E-state index is 0.0807. The number of hydrogen-bond donors (Lipinski definition) is 0. The van der Waals surface area contributed by atoms with E-state index in [0.717, 1.165) is 34.6 Å². The first-order valence-corrected chi connectivity index (χ1v) is 9.13. The molecule has 1 saturated carbocycles. The number of methoxy groups -OCH3 is 1. The molecule has 3 aliphatic rings. The molecule has 0 bridgehead atoms. The summed E-state index contributed by atoms with van der Waals surface area (Å²) < 4.78 is 5.22. The van der Waals surface area contributed by atoms with Crippen molar-refractivity contribution in [3.63, 3.8) is 0 Å². The minimum Gasteiger partial charge on any atom is -0.497 e. The fourth-order valence-corrected chi connectivity index (χ4v) is 4.45. The van der Waals surface area contributed by atoms with Crippen LogP contribution < -0.4 is 4.74 Å². The van der Waals surface area contributed by atoms with E-state index in [1.165, 1.54) is 0 Å². The Balaban J connectivity index is 1.45. The van der Waals surface area contributed by atoms with Gasteiger partial charge in [0, 0.05) is 23.9 Å². The van der Waals surface area contributed by atoms with E-state index in [-0.39, 0.29) is 17.6 Å². The normalized spacial score (nSPS) is 24.9. The van der Waals surface area contributed by atoms with Crippen LogP contribution in [-0.2, 0) is 4.79 Å². The standard InChI is InChI=1S/C23H19NO3/c1-27-18-7-4-5-15(11-18)9-10-21(25)24-14-17-13-23(17)20(24)12-16-6-2-3-8-19(16)22(23)26/h2-12,17H,13-14H2,1H3/b10-9+. The van der Waals surface area contributed by atoms with E-state index in [2.05, 4.69) is 0 Å². The maximum absolute atomic E-state index is 13.1. The Bertz CT molecular complexity index is 1040. The molecule has 2 unspecified atom stereocenters. The van der Waals surface area contributed by atoms with Crippen LogP contribution in [0.15, 0.2) is 60.3 Å². The number of allylic oxidation sites excluding steroid dienone is 1. The molecule has 2 aliphatic carbocycles. The number of hydrogen-bond acceptors (Lipinski definition) is 3. The molecule has 1 spiro atoms. The van der Waals surface area contributed by atoms with Crippen molar-refractivity contribution in [2.75, 3.05) is 13.7 Å². The largest absolute Gasteiger partial charge is 0.497 e. The molecule has 1 aliphatic heterocycles. The number of ketones is 1. The Labute approximate surface area is 157 Å². The molecule has 4 heteroatoms. The first-order valence-electron chi connectivity index (χ1n) is 9.13. The number of fused-ring (bicyclic) bond motifs is 1. The van der Waals surface area contributed by atoms with Crippen molar-refractivity contribution in [2.45, 2.75) is 6.42 Å². The molecule has 2 aromatic rings. The molecular weight excluding hydrogens is 338 g/mol. The van der Waals surface area contributed by atoms with E-state index in [4.69, 9.17) is 4.74 Å². The number of likely N-dealkylation sites (tertiary alicyclic amines) is 1. The fraction of sp³-hybridized carbons (Fsp3) is 0.217. The van der Waals surface area contributed by atoms with E-state index in [9.17, 15) is 9.59 Å². The number of carbonyl (C=O) groups is 2. The van der Waals surface area contributed by atoms with Gasteiger partial charge >= 0.3 is 0 Å². The topological polar surface area (TPSA) is 46.6 Å². The third kappa shape index (κ3) is 2.29.